The van der Waals surface area contributed by atoms with Gasteiger partial charge in [-0.2, -0.15) is 0 Å². The lowest BCUT2D eigenvalue weighted by Gasteiger charge is -2.21. The molecule has 112 valence electrons. The van der Waals surface area contributed by atoms with E-state index in [9.17, 15) is 9.18 Å². The molecule has 0 spiro atoms. The molecule has 2 rings (SSSR count). The summed E-state index contributed by atoms with van der Waals surface area (Å²) in [7, 11) is 0. The number of carbonyl (C=O) groups is 1. The third kappa shape index (κ3) is 3.89. The van der Waals surface area contributed by atoms with Crippen LogP contribution in [0.15, 0.2) is 35.7 Å². The summed E-state index contributed by atoms with van der Waals surface area (Å²) in [5, 5.41) is 5.39. The summed E-state index contributed by atoms with van der Waals surface area (Å²) in [6, 6.07) is 8.43. The number of halogens is 1. The maximum Gasteiger partial charge on any atom is 0.248 e. The Morgan fingerprint density at radius 1 is 1.38 bits per heavy atom. The zero-order chi connectivity index (χ0) is 15.4. The monoisotopic (exact) mass is 306 g/mol. The quantitative estimate of drug-likeness (QED) is 0.858. The summed E-state index contributed by atoms with van der Waals surface area (Å²) in [5.74, 6) is -0.498. The molecule has 1 amide bonds. The van der Waals surface area contributed by atoms with Gasteiger partial charge in [-0.05, 0) is 35.6 Å². The molecule has 0 radical (unpaired) electrons. The molecule has 0 saturated heterocycles. The summed E-state index contributed by atoms with van der Waals surface area (Å²) in [6.07, 6.45) is 0. The molecule has 1 unspecified atom stereocenters. The average molecular weight is 306 g/mol. The lowest BCUT2D eigenvalue weighted by Crippen LogP contribution is -2.25. The number of nitrogens with two attached hydrogens (primary N) is 1. The van der Waals surface area contributed by atoms with Gasteiger partial charge in [0, 0.05) is 28.6 Å². The second-order valence-corrected chi connectivity index (χ2v) is 6.27. The van der Waals surface area contributed by atoms with Crippen molar-refractivity contribution in [3.63, 3.8) is 0 Å². The molecule has 0 saturated carbocycles. The van der Waals surface area contributed by atoms with E-state index >= 15 is 0 Å². The van der Waals surface area contributed by atoms with Gasteiger partial charge in [-0.3, -0.25) is 4.79 Å². The standard InChI is InChI=1S/C16H19FN2OS/c1-10(2)15(14-4-3-7-21-14)19-9-12-8-11(16(18)20)5-6-13(12)17/h3-8,10,15,19H,9H2,1-2H3,(H2,18,20). The Labute approximate surface area is 128 Å². The van der Waals surface area contributed by atoms with Crippen molar-refractivity contribution >= 4 is 17.2 Å². The van der Waals surface area contributed by atoms with Gasteiger partial charge in [0.05, 0.1) is 0 Å². The number of amides is 1. The molecule has 3 nitrogen and oxygen atoms in total. The second-order valence-electron chi connectivity index (χ2n) is 5.29. The number of thiophene rings is 1. The fourth-order valence-electron chi connectivity index (χ4n) is 2.22. The summed E-state index contributed by atoms with van der Waals surface area (Å²) in [5.41, 5.74) is 6.01. The SMILES string of the molecule is CC(C)C(NCc1cc(C(N)=O)ccc1F)c1cccs1. The van der Waals surface area contributed by atoms with E-state index in [1.165, 1.54) is 23.1 Å². The van der Waals surface area contributed by atoms with Crippen LogP contribution in [0, 0.1) is 11.7 Å². The Morgan fingerprint density at radius 3 is 2.71 bits per heavy atom. The van der Waals surface area contributed by atoms with E-state index in [4.69, 9.17) is 5.73 Å². The van der Waals surface area contributed by atoms with Crippen LogP contribution in [0.25, 0.3) is 0 Å². The smallest absolute Gasteiger partial charge is 0.248 e. The fourth-order valence-corrected chi connectivity index (χ4v) is 3.19. The van der Waals surface area contributed by atoms with Gasteiger partial charge in [0.15, 0.2) is 0 Å². The third-order valence-electron chi connectivity index (χ3n) is 3.36. The van der Waals surface area contributed by atoms with E-state index < -0.39 is 5.91 Å². The normalized spacial score (nSPS) is 12.6. The Hall–Kier alpha value is -1.72. The van der Waals surface area contributed by atoms with E-state index in [2.05, 4.69) is 25.2 Å². The van der Waals surface area contributed by atoms with Crippen LogP contribution in [-0.2, 0) is 6.54 Å². The van der Waals surface area contributed by atoms with Crippen LogP contribution < -0.4 is 11.1 Å². The Balaban J connectivity index is 2.14. The number of nitrogens with one attached hydrogen (secondary N) is 1. The van der Waals surface area contributed by atoms with Crippen LogP contribution in [0.2, 0.25) is 0 Å². The number of rotatable bonds is 6. The molecule has 0 aliphatic carbocycles. The molecule has 0 aliphatic rings. The van der Waals surface area contributed by atoms with Crippen molar-refractivity contribution in [2.24, 2.45) is 11.7 Å². The van der Waals surface area contributed by atoms with Crippen molar-refractivity contribution in [1.29, 1.82) is 0 Å². The highest BCUT2D eigenvalue weighted by Crippen LogP contribution is 2.26. The Kier molecular flexibility index (Phi) is 5.09. The third-order valence-corrected chi connectivity index (χ3v) is 4.31. The van der Waals surface area contributed by atoms with Crippen molar-refractivity contribution in [3.8, 4) is 0 Å². The maximum absolute atomic E-state index is 13.8. The van der Waals surface area contributed by atoms with E-state index in [1.54, 1.807) is 11.3 Å². The number of benzene rings is 1. The molecule has 1 aromatic carbocycles. The molecule has 21 heavy (non-hydrogen) atoms. The van der Waals surface area contributed by atoms with Gasteiger partial charge in [0.1, 0.15) is 5.82 Å². The van der Waals surface area contributed by atoms with Gasteiger partial charge in [0.2, 0.25) is 5.91 Å². The predicted octanol–water partition coefficient (Wildman–Crippen LogP) is 3.47. The van der Waals surface area contributed by atoms with E-state index in [1.807, 2.05) is 11.4 Å². The summed E-state index contributed by atoms with van der Waals surface area (Å²) >= 11 is 1.68. The molecule has 0 fully saturated rings. The topological polar surface area (TPSA) is 55.1 Å². The van der Waals surface area contributed by atoms with Gasteiger partial charge in [-0.1, -0.05) is 19.9 Å². The molecule has 2 aromatic rings. The molecule has 1 heterocycles. The zero-order valence-electron chi connectivity index (χ0n) is 12.1. The first-order chi connectivity index (χ1) is 9.99. The number of primary amides is 1. The fraction of sp³-hybridized carbons (Fsp3) is 0.312. The number of hydrogen-bond donors (Lipinski definition) is 2. The highest BCUT2D eigenvalue weighted by Gasteiger charge is 2.17. The van der Waals surface area contributed by atoms with Gasteiger partial charge in [0.25, 0.3) is 0 Å². The lowest BCUT2D eigenvalue weighted by atomic mass is 10.0. The minimum absolute atomic E-state index is 0.154. The molecular formula is C16H19FN2OS. The van der Waals surface area contributed by atoms with Crippen LogP contribution >= 0.6 is 11.3 Å². The zero-order valence-corrected chi connectivity index (χ0v) is 12.9. The van der Waals surface area contributed by atoms with E-state index in [0.29, 0.717) is 23.6 Å². The highest BCUT2D eigenvalue weighted by molar-refractivity contribution is 7.10. The summed E-state index contributed by atoms with van der Waals surface area (Å²) < 4.78 is 13.8. The molecule has 0 bridgehead atoms. The number of hydrogen-bond acceptors (Lipinski definition) is 3. The molecule has 1 aromatic heterocycles. The van der Waals surface area contributed by atoms with Crippen molar-refractivity contribution in [1.82, 2.24) is 5.32 Å². The van der Waals surface area contributed by atoms with Crippen LogP contribution in [0.5, 0.6) is 0 Å². The second kappa shape index (κ2) is 6.83. The molecule has 5 heteroatoms. The van der Waals surface area contributed by atoms with Gasteiger partial charge in [-0.25, -0.2) is 4.39 Å². The van der Waals surface area contributed by atoms with Gasteiger partial charge >= 0.3 is 0 Å². The minimum Gasteiger partial charge on any atom is -0.366 e. The molecular weight excluding hydrogens is 287 g/mol. The Bertz CT molecular complexity index is 611. The highest BCUT2D eigenvalue weighted by atomic mass is 32.1. The Morgan fingerprint density at radius 2 is 2.14 bits per heavy atom. The van der Waals surface area contributed by atoms with Gasteiger partial charge < -0.3 is 11.1 Å². The van der Waals surface area contributed by atoms with E-state index in [0.717, 1.165) is 0 Å². The van der Waals surface area contributed by atoms with Gasteiger partial charge in [-0.15, -0.1) is 11.3 Å². The predicted molar refractivity (Wildman–Crippen MR) is 83.7 cm³/mol. The summed E-state index contributed by atoms with van der Waals surface area (Å²) in [4.78, 5) is 12.4. The van der Waals surface area contributed by atoms with Crippen molar-refractivity contribution in [2.45, 2.75) is 26.4 Å². The molecule has 0 aliphatic heterocycles. The van der Waals surface area contributed by atoms with Crippen LogP contribution in [0.3, 0.4) is 0 Å². The molecule has 3 N–H and O–H groups in total. The first-order valence-corrected chi connectivity index (χ1v) is 7.72. The summed E-state index contributed by atoms with van der Waals surface area (Å²) in [6.45, 7) is 4.59. The van der Waals surface area contributed by atoms with Crippen molar-refractivity contribution in [2.75, 3.05) is 0 Å². The van der Waals surface area contributed by atoms with Crippen LogP contribution in [-0.4, -0.2) is 5.91 Å². The first-order valence-electron chi connectivity index (χ1n) is 6.84. The van der Waals surface area contributed by atoms with Crippen molar-refractivity contribution in [3.05, 3.63) is 57.5 Å². The van der Waals surface area contributed by atoms with E-state index in [-0.39, 0.29) is 11.9 Å². The lowest BCUT2D eigenvalue weighted by molar-refractivity contribution is 0.1000. The largest absolute Gasteiger partial charge is 0.366 e. The minimum atomic E-state index is -0.546. The van der Waals surface area contributed by atoms with Crippen LogP contribution in [0.4, 0.5) is 4.39 Å². The maximum atomic E-state index is 13.8. The number of carbonyl (C=O) groups excluding carboxylic acids is 1. The average Bonchev–Trinajstić information content (AvgIpc) is 2.94. The first kappa shape index (κ1) is 15.7. The molecule has 1 atom stereocenters. The van der Waals surface area contributed by atoms with Crippen LogP contribution in [0.1, 0.15) is 40.7 Å². The van der Waals surface area contributed by atoms with Crippen molar-refractivity contribution < 1.29 is 9.18 Å².